The van der Waals surface area contributed by atoms with Gasteiger partial charge >= 0.3 is 0 Å². The molecule has 0 unspecified atom stereocenters. The molecule has 0 radical (unpaired) electrons. The van der Waals surface area contributed by atoms with Gasteiger partial charge in [-0.05, 0) is 27.4 Å². The molecule has 12 heavy (non-hydrogen) atoms. The van der Waals surface area contributed by atoms with E-state index in [9.17, 15) is 0 Å². The van der Waals surface area contributed by atoms with Crippen molar-refractivity contribution in [1.82, 2.24) is 10.6 Å². The summed E-state index contributed by atoms with van der Waals surface area (Å²) in [6, 6.07) is 2.60. The third kappa shape index (κ3) is 1.71. The summed E-state index contributed by atoms with van der Waals surface area (Å²) >= 11 is 5.35. The molecule has 66 valence electrons. The average Bonchev–Trinajstić information content (AvgIpc) is 2.53. The zero-order valence-electron chi connectivity index (χ0n) is 6.64. The van der Waals surface area contributed by atoms with Crippen LogP contribution in [-0.4, -0.2) is 19.6 Å². The molecule has 1 aliphatic rings. The average molecular weight is 247 g/mol. The second-order valence-electron chi connectivity index (χ2n) is 2.84. The number of piperazine rings is 1. The molecule has 1 atom stereocenters. The van der Waals surface area contributed by atoms with Gasteiger partial charge < -0.3 is 10.6 Å². The summed E-state index contributed by atoms with van der Waals surface area (Å²) in [6.07, 6.45) is 0. The van der Waals surface area contributed by atoms with Crippen LogP contribution in [-0.2, 0) is 0 Å². The number of halogens is 1. The fourth-order valence-electron chi connectivity index (χ4n) is 1.39. The fraction of sp³-hybridized carbons (Fsp3) is 0.500. The van der Waals surface area contributed by atoms with Crippen LogP contribution in [0.5, 0.6) is 0 Å². The minimum atomic E-state index is 0.494. The van der Waals surface area contributed by atoms with E-state index < -0.39 is 0 Å². The van der Waals surface area contributed by atoms with Gasteiger partial charge in [0.05, 0.1) is 6.04 Å². The van der Waals surface area contributed by atoms with Gasteiger partial charge in [-0.25, -0.2) is 0 Å². The minimum absolute atomic E-state index is 0.494. The molecule has 4 heteroatoms. The van der Waals surface area contributed by atoms with E-state index in [0.717, 1.165) is 19.6 Å². The van der Waals surface area contributed by atoms with Crippen LogP contribution in [0, 0.1) is 0 Å². The highest BCUT2D eigenvalue weighted by Gasteiger charge is 2.17. The van der Waals surface area contributed by atoms with Crippen molar-refractivity contribution in [3.63, 3.8) is 0 Å². The van der Waals surface area contributed by atoms with Crippen molar-refractivity contribution >= 4 is 27.3 Å². The summed E-state index contributed by atoms with van der Waals surface area (Å²) in [5.41, 5.74) is 0. The smallest absolute Gasteiger partial charge is 0.0553 e. The lowest BCUT2D eigenvalue weighted by molar-refractivity contribution is 0.434. The van der Waals surface area contributed by atoms with Gasteiger partial charge in [-0.2, -0.15) is 0 Å². The molecule has 2 rings (SSSR count). The minimum Gasteiger partial charge on any atom is -0.314 e. The number of hydrogen-bond donors (Lipinski definition) is 2. The summed E-state index contributed by atoms with van der Waals surface area (Å²) in [7, 11) is 0. The molecule has 1 fully saturated rings. The van der Waals surface area contributed by atoms with Gasteiger partial charge in [0, 0.05) is 29.0 Å². The second kappa shape index (κ2) is 3.87. The van der Waals surface area contributed by atoms with Crippen LogP contribution in [0.2, 0.25) is 0 Å². The van der Waals surface area contributed by atoms with E-state index in [1.165, 1.54) is 9.35 Å². The van der Waals surface area contributed by atoms with Crippen LogP contribution in [0.15, 0.2) is 15.9 Å². The first-order valence-electron chi connectivity index (χ1n) is 4.05. The van der Waals surface area contributed by atoms with Gasteiger partial charge in [0.15, 0.2) is 0 Å². The molecule has 2 N–H and O–H groups in total. The van der Waals surface area contributed by atoms with Gasteiger partial charge in [0.1, 0.15) is 0 Å². The molecule has 1 aliphatic heterocycles. The Labute approximate surface area is 84.5 Å². The summed E-state index contributed by atoms with van der Waals surface area (Å²) in [5, 5.41) is 8.97. The van der Waals surface area contributed by atoms with Crippen LogP contribution in [0.25, 0.3) is 0 Å². The molecule has 0 aromatic carbocycles. The van der Waals surface area contributed by atoms with Crippen molar-refractivity contribution in [2.24, 2.45) is 0 Å². The molecule has 0 amide bonds. The second-order valence-corrected chi connectivity index (χ2v) is 4.65. The number of rotatable bonds is 1. The first kappa shape index (κ1) is 8.69. The lowest BCUT2D eigenvalue weighted by Gasteiger charge is -2.23. The van der Waals surface area contributed by atoms with Crippen LogP contribution >= 0.6 is 27.3 Å². The molecule has 0 aliphatic carbocycles. The molecular formula is C8H11BrN2S. The van der Waals surface area contributed by atoms with Crippen molar-refractivity contribution in [1.29, 1.82) is 0 Å². The summed E-state index contributed by atoms with van der Waals surface area (Å²) in [5.74, 6) is 0. The van der Waals surface area contributed by atoms with Crippen molar-refractivity contribution in [3.8, 4) is 0 Å². The molecule has 1 aromatic heterocycles. The van der Waals surface area contributed by atoms with Crippen molar-refractivity contribution in [2.75, 3.05) is 19.6 Å². The fourth-order valence-corrected chi connectivity index (χ4v) is 3.12. The van der Waals surface area contributed by atoms with Crippen LogP contribution < -0.4 is 10.6 Å². The highest BCUT2D eigenvalue weighted by molar-refractivity contribution is 9.10. The number of nitrogens with one attached hydrogen (secondary N) is 2. The Kier molecular flexibility index (Phi) is 2.80. The predicted molar refractivity (Wildman–Crippen MR) is 55.6 cm³/mol. The molecular weight excluding hydrogens is 236 g/mol. The van der Waals surface area contributed by atoms with Crippen molar-refractivity contribution in [2.45, 2.75) is 6.04 Å². The number of hydrogen-bond acceptors (Lipinski definition) is 3. The van der Waals surface area contributed by atoms with Gasteiger partial charge in [0.25, 0.3) is 0 Å². The molecule has 0 spiro atoms. The van der Waals surface area contributed by atoms with E-state index in [0.29, 0.717) is 6.04 Å². The summed E-state index contributed by atoms with van der Waals surface area (Å²) < 4.78 is 1.23. The monoisotopic (exact) mass is 246 g/mol. The Morgan fingerprint density at radius 2 is 2.42 bits per heavy atom. The van der Waals surface area contributed by atoms with Crippen LogP contribution in [0.1, 0.15) is 10.9 Å². The highest BCUT2D eigenvalue weighted by atomic mass is 79.9. The van der Waals surface area contributed by atoms with E-state index >= 15 is 0 Å². The number of thiophene rings is 1. The van der Waals surface area contributed by atoms with E-state index in [1.54, 1.807) is 11.3 Å². The Morgan fingerprint density at radius 1 is 1.50 bits per heavy atom. The Morgan fingerprint density at radius 3 is 3.00 bits per heavy atom. The van der Waals surface area contributed by atoms with Gasteiger partial charge in [-0.1, -0.05) is 0 Å². The summed E-state index contributed by atoms with van der Waals surface area (Å²) in [6.45, 7) is 3.19. The largest absolute Gasteiger partial charge is 0.314 e. The predicted octanol–water partition coefficient (Wildman–Crippen LogP) is 1.74. The topological polar surface area (TPSA) is 24.1 Å². The standard InChI is InChI=1S/C8H11BrN2S/c9-6-1-4-12-8(6)7-5-10-2-3-11-7/h1,4,7,10-11H,2-3,5H2/t7-/m0/s1. The van der Waals surface area contributed by atoms with Crippen molar-refractivity contribution in [3.05, 3.63) is 20.8 Å². The molecule has 1 saturated heterocycles. The summed E-state index contributed by atoms with van der Waals surface area (Å²) in [4.78, 5) is 1.40. The van der Waals surface area contributed by atoms with Crippen molar-refractivity contribution < 1.29 is 0 Å². The highest BCUT2D eigenvalue weighted by Crippen LogP contribution is 2.29. The maximum absolute atomic E-state index is 3.54. The van der Waals surface area contributed by atoms with E-state index in [2.05, 4.69) is 38.0 Å². The SMILES string of the molecule is Brc1ccsc1[C@@H]1CNCCN1. The van der Waals surface area contributed by atoms with Gasteiger partial charge in [-0.15, -0.1) is 11.3 Å². The normalized spacial score (nSPS) is 24.2. The maximum Gasteiger partial charge on any atom is 0.0553 e. The van der Waals surface area contributed by atoms with Gasteiger partial charge in [0.2, 0.25) is 0 Å². The van der Waals surface area contributed by atoms with E-state index in [4.69, 9.17) is 0 Å². The van der Waals surface area contributed by atoms with E-state index in [-0.39, 0.29) is 0 Å². The Bertz CT molecular complexity index is 255. The third-order valence-corrected chi connectivity index (χ3v) is 3.99. The lowest BCUT2D eigenvalue weighted by Crippen LogP contribution is -2.42. The Balaban J connectivity index is 2.13. The molecule has 2 nitrogen and oxygen atoms in total. The zero-order valence-corrected chi connectivity index (χ0v) is 9.04. The van der Waals surface area contributed by atoms with Gasteiger partial charge in [-0.3, -0.25) is 0 Å². The quantitative estimate of drug-likeness (QED) is 0.790. The molecule has 0 bridgehead atoms. The molecule has 2 heterocycles. The maximum atomic E-state index is 3.54. The van der Waals surface area contributed by atoms with E-state index in [1.807, 2.05) is 0 Å². The zero-order chi connectivity index (χ0) is 8.39. The Hall–Kier alpha value is 0.1000. The van der Waals surface area contributed by atoms with Crippen LogP contribution in [0.4, 0.5) is 0 Å². The third-order valence-electron chi connectivity index (χ3n) is 2.00. The first-order valence-corrected chi connectivity index (χ1v) is 5.72. The molecule has 1 aromatic rings. The first-order chi connectivity index (χ1) is 5.88. The molecule has 0 saturated carbocycles. The lowest BCUT2D eigenvalue weighted by atomic mass is 10.2. The van der Waals surface area contributed by atoms with Crippen LogP contribution in [0.3, 0.4) is 0 Å².